The van der Waals surface area contributed by atoms with Gasteiger partial charge in [-0.15, -0.1) is 0 Å². The van der Waals surface area contributed by atoms with E-state index in [0.717, 1.165) is 6.92 Å². The van der Waals surface area contributed by atoms with Crippen LogP contribution in [0.5, 0.6) is 0 Å². The number of esters is 2. The summed E-state index contributed by atoms with van der Waals surface area (Å²) in [5, 5.41) is 0. The summed E-state index contributed by atoms with van der Waals surface area (Å²) < 4.78 is 9.62. The lowest BCUT2D eigenvalue weighted by Gasteiger charge is -2.33. The van der Waals surface area contributed by atoms with E-state index in [4.69, 9.17) is 38.1 Å². The first-order valence-corrected chi connectivity index (χ1v) is 10.5. The Labute approximate surface area is 165 Å². The molecule has 0 aromatic rings. The summed E-state index contributed by atoms with van der Waals surface area (Å²) in [5.74, 6) is -7.77. The normalized spacial score (nSPS) is 12.4. The lowest BCUT2D eigenvalue weighted by atomic mass is 10.1. The number of ether oxygens (including phenoxy) is 2. The zero-order chi connectivity index (χ0) is 21.5. The predicted octanol–water partition coefficient (Wildman–Crippen LogP) is -2.42. The molecule has 0 aliphatic rings. The molecule has 0 aromatic heterocycles. The first kappa shape index (κ1) is 25.6. The molecule has 0 rings (SSSR count). The third-order valence-electron chi connectivity index (χ3n) is 3.46. The molecular formula is C14H27N5O6S2. The van der Waals surface area contributed by atoms with Crippen LogP contribution >= 0.6 is 23.5 Å². The van der Waals surface area contributed by atoms with E-state index in [2.05, 4.69) is 0 Å². The summed E-state index contributed by atoms with van der Waals surface area (Å²) in [4.78, 5) is 48.5. The Morgan fingerprint density at radius 1 is 0.815 bits per heavy atom. The fourth-order valence-electron chi connectivity index (χ4n) is 1.64. The maximum Gasteiger partial charge on any atom is 0.397 e. The number of carbonyl (C=O) groups is 4. The monoisotopic (exact) mass is 425 g/mol. The molecule has 156 valence electrons. The van der Waals surface area contributed by atoms with E-state index in [0.29, 0.717) is 11.5 Å². The lowest BCUT2D eigenvalue weighted by molar-refractivity contribution is -0.227. The molecule has 0 saturated carbocycles. The van der Waals surface area contributed by atoms with E-state index < -0.39 is 40.7 Å². The molecule has 0 heterocycles. The van der Waals surface area contributed by atoms with Crippen LogP contribution < -0.4 is 28.7 Å². The quantitative estimate of drug-likeness (QED) is 0.125. The van der Waals surface area contributed by atoms with Gasteiger partial charge in [-0.05, 0) is 36.9 Å². The molecule has 0 aromatic carbocycles. The predicted molar refractivity (Wildman–Crippen MR) is 103 cm³/mol. The average molecular weight is 426 g/mol. The van der Waals surface area contributed by atoms with E-state index in [1.165, 1.54) is 23.5 Å². The fraction of sp³-hybridized carbons (Fsp3) is 0.714. The van der Waals surface area contributed by atoms with Gasteiger partial charge in [0.05, 0.1) is 0 Å². The number of thioether (sulfide) groups is 2. The number of Topliss-reactive ketones (excluding diaryl/α,β-unsaturated/α-hetero) is 1. The SMILES string of the molecule is CSCCC(N)(N)C(=O)OC(OC(=O)C(N)(N)CCSC)(C(C)=O)C(N)=O. The summed E-state index contributed by atoms with van der Waals surface area (Å²) in [6.07, 6.45) is 3.42. The molecule has 0 spiro atoms. The number of primary amides is 1. The van der Waals surface area contributed by atoms with Gasteiger partial charge < -0.3 is 38.1 Å². The van der Waals surface area contributed by atoms with Crippen molar-refractivity contribution in [2.75, 3.05) is 24.0 Å². The van der Waals surface area contributed by atoms with Crippen LogP contribution in [-0.4, -0.2) is 64.8 Å². The van der Waals surface area contributed by atoms with Gasteiger partial charge in [0.25, 0.3) is 0 Å². The molecule has 27 heavy (non-hydrogen) atoms. The molecule has 0 bridgehead atoms. The smallest absolute Gasteiger partial charge is 0.397 e. The molecule has 0 fully saturated rings. The summed E-state index contributed by atoms with van der Waals surface area (Å²) in [5.41, 5.74) is 23.8. The van der Waals surface area contributed by atoms with E-state index >= 15 is 0 Å². The highest BCUT2D eigenvalue weighted by molar-refractivity contribution is 7.98. The van der Waals surface area contributed by atoms with Gasteiger partial charge in [-0.3, -0.25) is 9.59 Å². The topological polar surface area (TPSA) is 217 Å². The first-order chi connectivity index (χ1) is 12.3. The summed E-state index contributed by atoms with van der Waals surface area (Å²) in [6.45, 7) is 0.832. The number of hydrogen-bond acceptors (Lipinski definition) is 12. The lowest BCUT2D eigenvalue weighted by Crippen LogP contribution is -2.66. The van der Waals surface area contributed by atoms with Crippen molar-refractivity contribution in [3.05, 3.63) is 0 Å². The molecular weight excluding hydrogens is 398 g/mol. The Bertz CT molecular complexity index is 534. The Hall–Kier alpha value is -1.38. The highest BCUT2D eigenvalue weighted by Gasteiger charge is 2.54. The molecule has 10 N–H and O–H groups in total. The second kappa shape index (κ2) is 10.2. The van der Waals surface area contributed by atoms with Crippen LogP contribution in [0.2, 0.25) is 0 Å². The molecule has 11 nitrogen and oxygen atoms in total. The van der Waals surface area contributed by atoms with Crippen LogP contribution in [0.15, 0.2) is 0 Å². The van der Waals surface area contributed by atoms with Gasteiger partial charge in [0.2, 0.25) is 5.78 Å². The van der Waals surface area contributed by atoms with Crippen molar-refractivity contribution in [3.8, 4) is 0 Å². The van der Waals surface area contributed by atoms with Gasteiger partial charge in [0.15, 0.2) is 11.3 Å². The van der Waals surface area contributed by atoms with Gasteiger partial charge in [0, 0.05) is 6.92 Å². The Morgan fingerprint density at radius 3 is 1.37 bits per heavy atom. The van der Waals surface area contributed by atoms with Crippen molar-refractivity contribution >= 4 is 47.2 Å². The minimum Gasteiger partial charge on any atom is -0.405 e. The van der Waals surface area contributed by atoms with Crippen molar-refractivity contribution in [2.24, 2.45) is 28.7 Å². The zero-order valence-corrected chi connectivity index (χ0v) is 17.1. The largest absolute Gasteiger partial charge is 0.405 e. The summed E-state index contributed by atoms with van der Waals surface area (Å²) >= 11 is 2.70. The minimum atomic E-state index is -3.08. The summed E-state index contributed by atoms with van der Waals surface area (Å²) in [6, 6.07) is 0. The summed E-state index contributed by atoms with van der Waals surface area (Å²) in [7, 11) is 0. The minimum absolute atomic E-state index is 0.0425. The fourth-order valence-corrected chi connectivity index (χ4v) is 2.72. The standard InChI is InChI=1S/C14H27N5O6S2/c1-8(20)14(9(15)21,24-10(22)12(16,17)4-6-26-2)25-11(23)13(18,19)5-7-27-3/h4-7,16-19H2,1-3H3,(H2,15,21). The van der Waals surface area contributed by atoms with Crippen molar-refractivity contribution in [2.45, 2.75) is 36.9 Å². The number of amides is 1. The highest BCUT2D eigenvalue weighted by Crippen LogP contribution is 2.21. The molecule has 0 unspecified atom stereocenters. The Morgan fingerprint density at radius 2 is 1.15 bits per heavy atom. The van der Waals surface area contributed by atoms with Crippen LogP contribution in [0.25, 0.3) is 0 Å². The maximum atomic E-state index is 12.3. The molecule has 13 heteroatoms. The van der Waals surface area contributed by atoms with Crippen molar-refractivity contribution in [1.29, 1.82) is 0 Å². The van der Waals surface area contributed by atoms with Gasteiger partial charge >= 0.3 is 23.6 Å². The molecule has 0 aliphatic heterocycles. The van der Waals surface area contributed by atoms with Crippen LogP contribution in [0.1, 0.15) is 19.8 Å². The van der Waals surface area contributed by atoms with Gasteiger partial charge in [-0.1, -0.05) is 0 Å². The van der Waals surface area contributed by atoms with Gasteiger partial charge in [-0.25, -0.2) is 9.59 Å². The number of hydrogen-bond donors (Lipinski definition) is 5. The second-order valence-corrected chi connectivity index (χ2v) is 7.85. The number of rotatable bonds is 12. The number of carbonyl (C=O) groups excluding carboxylic acids is 4. The van der Waals surface area contributed by atoms with Crippen LogP contribution in [0.4, 0.5) is 0 Å². The Balaban J connectivity index is 5.70. The van der Waals surface area contributed by atoms with E-state index in [-0.39, 0.29) is 12.8 Å². The molecule has 0 saturated heterocycles. The number of nitrogens with two attached hydrogens (primary N) is 5. The van der Waals surface area contributed by atoms with E-state index in [1.807, 2.05) is 0 Å². The second-order valence-electron chi connectivity index (χ2n) is 5.88. The highest BCUT2D eigenvalue weighted by atomic mass is 32.2. The van der Waals surface area contributed by atoms with Crippen molar-refractivity contribution < 1.29 is 28.7 Å². The Kier molecular flexibility index (Phi) is 9.72. The van der Waals surface area contributed by atoms with E-state index in [1.54, 1.807) is 12.5 Å². The third-order valence-corrected chi connectivity index (χ3v) is 4.69. The molecule has 0 aliphatic carbocycles. The average Bonchev–Trinajstić information content (AvgIpc) is 2.56. The zero-order valence-electron chi connectivity index (χ0n) is 15.5. The molecule has 0 atom stereocenters. The first-order valence-electron chi connectivity index (χ1n) is 7.68. The molecule has 1 amide bonds. The maximum absolute atomic E-state index is 12.3. The van der Waals surface area contributed by atoms with Crippen molar-refractivity contribution in [1.82, 2.24) is 0 Å². The molecule has 0 radical (unpaired) electrons. The van der Waals surface area contributed by atoms with Crippen molar-refractivity contribution in [3.63, 3.8) is 0 Å². The van der Waals surface area contributed by atoms with Crippen LogP contribution in [-0.2, 0) is 28.7 Å². The van der Waals surface area contributed by atoms with E-state index in [9.17, 15) is 19.2 Å². The van der Waals surface area contributed by atoms with Gasteiger partial charge in [0.1, 0.15) is 0 Å². The third kappa shape index (κ3) is 6.93. The number of ketones is 1. The van der Waals surface area contributed by atoms with Crippen LogP contribution in [0.3, 0.4) is 0 Å². The van der Waals surface area contributed by atoms with Gasteiger partial charge in [-0.2, -0.15) is 23.5 Å². The van der Waals surface area contributed by atoms with Crippen LogP contribution in [0, 0.1) is 0 Å².